The van der Waals surface area contributed by atoms with Crippen molar-refractivity contribution in [3.8, 4) is 0 Å². The molecule has 2 atom stereocenters. The van der Waals surface area contributed by atoms with Gasteiger partial charge in [-0.25, -0.2) is 4.90 Å². The van der Waals surface area contributed by atoms with Crippen molar-refractivity contribution in [2.24, 2.45) is 11.0 Å². The van der Waals surface area contributed by atoms with E-state index in [0.717, 1.165) is 4.90 Å². The number of nitro benzene ring substituents is 1. The topological polar surface area (TPSA) is 105 Å². The first kappa shape index (κ1) is 11.3. The Kier molecular flexibility index (Phi) is 2.31. The van der Waals surface area contributed by atoms with Crippen LogP contribution in [0.25, 0.3) is 0 Å². The molecule has 2 aliphatic rings. The van der Waals surface area contributed by atoms with Crippen LogP contribution in [0.2, 0.25) is 0 Å². The average molecular weight is 260 g/mol. The van der Waals surface area contributed by atoms with Gasteiger partial charge in [0.05, 0.1) is 10.6 Å². The molecule has 8 heteroatoms. The number of imide groups is 1. The van der Waals surface area contributed by atoms with Crippen molar-refractivity contribution in [2.75, 3.05) is 4.90 Å². The quantitative estimate of drug-likeness (QED) is 0.459. The number of anilines is 1. The number of fused-ring (bicyclic) bond motifs is 1. The fourth-order valence-corrected chi connectivity index (χ4v) is 2.16. The van der Waals surface area contributed by atoms with E-state index in [9.17, 15) is 19.7 Å². The second-order valence-corrected chi connectivity index (χ2v) is 4.20. The highest BCUT2D eigenvalue weighted by atomic mass is 16.6. The Morgan fingerprint density at radius 1 is 1.21 bits per heavy atom. The lowest BCUT2D eigenvalue weighted by molar-refractivity contribution is -0.384. The maximum atomic E-state index is 12.1. The molecule has 1 aromatic rings. The molecule has 0 aliphatic carbocycles. The number of benzene rings is 1. The van der Waals surface area contributed by atoms with E-state index in [1.807, 2.05) is 0 Å². The first-order valence-corrected chi connectivity index (χ1v) is 5.50. The second kappa shape index (κ2) is 3.87. The zero-order chi connectivity index (χ0) is 13.6. The average Bonchev–Trinajstić information content (AvgIpc) is 2.95. The second-order valence-electron chi connectivity index (χ2n) is 4.20. The Balaban J connectivity index is 1.94. The van der Waals surface area contributed by atoms with Gasteiger partial charge in [0.15, 0.2) is 0 Å². The lowest BCUT2D eigenvalue weighted by Gasteiger charge is -2.14. The van der Waals surface area contributed by atoms with Crippen LogP contribution >= 0.6 is 0 Å². The van der Waals surface area contributed by atoms with Crippen LogP contribution in [0.4, 0.5) is 11.4 Å². The summed E-state index contributed by atoms with van der Waals surface area (Å²) in [6.07, 6.45) is 1.40. The van der Waals surface area contributed by atoms with Crippen molar-refractivity contribution in [3.05, 3.63) is 34.4 Å². The summed E-state index contributed by atoms with van der Waals surface area (Å²) in [5, 5.41) is 14.3. The molecule has 2 aliphatic heterocycles. The molecule has 0 bridgehead atoms. The van der Waals surface area contributed by atoms with Gasteiger partial charge in [-0.2, -0.15) is 5.10 Å². The van der Waals surface area contributed by atoms with E-state index in [1.165, 1.54) is 30.5 Å². The molecule has 0 unspecified atom stereocenters. The highest BCUT2D eigenvalue weighted by Crippen LogP contribution is 2.29. The maximum Gasteiger partial charge on any atom is 0.269 e. The Morgan fingerprint density at radius 2 is 1.89 bits per heavy atom. The van der Waals surface area contributed by atoms with Crippen molar-refractivity contribution in [1.82, 2.24) is 5.43 Å². The minimum atomic E-state index is -0.664. The largest absolute Gasteiger partial charge is 0.297 e. The number of nitrogens with one attached hydrogen (secondary N) is 1. The van der Waals surface area contributed by atoms with Crippen LogP contribution in [0.1, 0.15) is 0 Å². The molecular formula is C11H8N4O4. The molecule has 2 heterocycles. The van der Waals surface area contributed by atoms with E-state index >= 15 is 0 Å². The monoisotopic (exact) mass is 260 g/mol. The molecule has 1 N–H and O–H groups in total. The van der Waals surface area contributed by atoms with E-state index in [4.69, 9.17) is 0 Å². The standard InChI is InChI=1S/C11H8N4O4/c16-10-8-5-12-13-9(8)11(17)14(10)6-1-3-7(4-2-6)15(18)19/h1-5,8-9,13H/t8-,9-/m1/s1. The van der Waals surface area contributed by atoms with E-state index in [0.29, 0.717) is 5.69 Å². The molecule has 2 amide bonds. The van der Waals surface area contributed by atoms with Crippen LogP contribution in [0, 0.1) is 16.0 Å². The minimum Gasteiger partial charge on any atom is -0.297 e. The predicted octanol–water partition coefficient (Wildman–Crippen LogP) is 0.0418. The van der Waals surface area contributed by atoms with E-state index in [1.54, 1.807) is 0 Å². The normalized spacial score (nSPS) is 24.5. The summed E-state index contributed by atoms with van der Waals surface area (Å²) in [6, 6.07) is 4.61. The molecule has 96 valence electrons. The fourth-order valence-electron chi connectivity index (χ4n) is 2.16. The first-order valence-electron chi connectivity index (χ1n) is 5.50. The third kappa shape index (κ3) is 1.57. The van der Waals surface area contributed by atoms with Gasteiger partial charge in [-0.1, -0.05) is 0 Å². The summed E-state index contributed by atoms with van der Waals surface area (Å²) in [4.78, 5) is 35.1. The molecule has 0 spiro atoms. The highest BCUT2D eigenvalue weighted by molar-refractivity contribution is 6.28. The van der Waals surface area contributed by atoms with Gasteiger partial charge in [0, 0.05) is 18.3 Å². The number of hydrogen-bond donors (Lipinski definition) is 1. The molecular weight excluding hydrogens is 252 g/mol. The van der Waals surface area contributed by atoms with E-state index in [-0.39, 0.29) is 11.6 Å². The van der Waals surface area contributed by atoms with E-state index < -0.39 is 22.8 Å². The minimum absolute atomic E-state index is 0.0947. The zero-order valence-electron chi connectivity index (χ0n) is 9.52. The van der Waals surface area contributed by atoms with Crippen molar-refractivity contribution in [1.29, 1.82) is 0 Å². The highest BCUT2D eigenvalue weighted by Gasteiger charge is 2.49. The lowest BCUT2D eigenvalue weighted by Crippen LogP contribution is -2.36. The summed E-state index contributed by atoms with van der Waals surface area (Å²) in [6.45, 7) is 0. The summed E-state index contributed by atoms with van der Waals surface area (Å²) < 4.78 is 0. The first-order chi connectivity index (χ1) is 9.09. The van der Waals surface area contributed by atoms with Gasteiger partial charge < -0.3 is 0 Å². The molecule has 1 aromatic carbocycles. The number of hydrogen-bond acceptors (Lipinski definition) is 6. The molecule has 0 radical (unpaired) electrons. The van der Waals surface area contributed by atoms with Gasteiger partial charge in [0.2, 0.25) is 5.91 Å². The van der Waals surface area contributed by atoms with Gasteiger partial charge in [-0.15, -0.1) is 0 Å². The third-order valence-electron chi connectivity index (χ3n) is 3.12. The summed E-state index contributed by atoms with van der Waals surface area (Å²) in [5.41, 5.74) is 2.81. The van der Waals surface area contributed by atoms with Crippen molar-refractivity contribution >= 4 is 29.4 Å². The Morgan fingerprint density at radius 3 is 2.47 bits per heavy atom. The molecule has 1 fully saturated rings. The third-order valence-corrected chi connectivity index (χ3v) is 3.12. The number of carbonyl (C=O) groups excluding carboxylic acids is 2. The smallest absolute Gasteiger partial charge is 0.269 e. The van der Waals surface area contributed by atoms with Crippen LogP contribution in [-0.4, -0.2) is 29.0 Å². The molecule has 3 rings (SSSR count). The molecule has 0 aromatic heterocycles. The van der Waals surface area contributed by atoms with Gasteiger partial charge in [-0.3, -0.25) is 25.1 Å². The zero-order valence-corrected chi connectivity index (χ0v) is 9.52. The SMILES string of the molecule is O=C1[C@@H]2C=NN[C@H]2C(=O)N1c1ccc([N+](=O)[O-])cc1. The van der Waals surface area contributed by atoms with Crippen molar-refractivity contribution in [2.45, 2.75) is 6.04 Å². The number of nitrogens with zero attached hydrogens (tertiary/aromatic N) is 3. The van der Waals surface area contributed by atoms with Crippen LogP contribution in [0.15, 0.2) is 29.4 Å². The molecule has 19 heavy (non-hydrogen) atoms. The van der Waals surface area contributed by atoms with Crippen molar-refractivity contribution in [3.63, 3.8) is 0 Å². The van der Waals surface area contributed by atoms with Gasteiger partial charge in [-0.05, 0) is 12.1 Å². The molecule has 1 saturated heterocycles. The van der Waals surface area contributed by atoms with Crippen LogP contribution in [0.5, 0.6) is 0 Å². The summed E-state index contributed by atoms with van der Waals surface area (Å²) >= 11 is 0. The summed E-state index contributed by atoms with van der Waals surface area (Å²) in [7, 11) is 0. The van der Waals surface area contributed by atoms with Crippen LogP contribution < -0.4 is 10.3 Å². The number of rotatable bonds is 2. The Hall–Kier alpha value is -2.77. The maximum absolute atomic E-state index is 12.1. The fraction of sp³-hybridized carbons (Fsp3) is 0.182. The predicted molar refractivity (Wildman–Crippen MR) is 64.5 cm³/mol. The number of amides is 2. The summed E-state index contributed by atoms with van der Waals surface area (Å²) in [5.74, 6) is -1.37. The van der Waals surface area contributed by atoms with E-state index in [2.05, 4.69) is 10.5 Å². The number of non-ortho nitro benzene ring substituents is 1. The number of carbonyl (C=O) groups is 2. The number of hydrazone groups is 1. The van der Waals surface area contributed by atoms with Gasteiger partial charge >= 0.3 is 0 Å². The van der Waals surface area contributed by atoms with Crippen LogP contribution in [0.3, 0.4) is 0 Å². The lowest BCUT2D eigenvalue weighted by atomic mass is 10.1. The van der Waals surface area contributed by atoms with Gasteiger partial charge in [0.1, 0.15) is 12.0 Å². The van der Waals surface area contributed by atoms with Crippen LogP contribution in [-0.2, 0) is 9.59 Å². The van der Waals surface area contributed by atoms with Gasteiger partial charge in [0.25, 0.3) is 11.6 Å². The Bertz CT molecular complexity index is 610. The number of nitro groups is 1. The molecule has 0 saturated carbocycles. The van der Waals surface area contributed by atoms with Crippen molar-refractivity contribution < 1.29 is 14.5 Å². The molecule has 8 nitrogen and oxygen atoms in total. The Labute approximate surface area is 106 Å².